The third kappa shape index (κ3) is 2.63. The standard InChI is InChI=1S/C10H9F4IN4O2/c1-18-6(4(15)3-16-18)8(20)19-10(21,9(13)14)2-5(17-19)7(11)12/h3,7,9,21H,2H2,1H3. The fraction of sp³-hybridized carbons (Fsp3) is 0.500. The Bertz CT molecular complexity index is 586. The van der Waals surface area contributed by atoms with Gasteiger partial charge in [-0.3, -0.25) is 9.48 Å². The minimum atomic E-state index is -3.45. The number of nitrogens with zero attached hydrogens (tertiary/aromatic N) is 4. The van der Waals surface area contributed by atoms with Crippen molar-refractivity contribution in [3.05, 3.63) is 15.5 Å². The highest BCUT2D eigenvalue weighted by atomic mass is 127. The molecule has 0 spiro atoms. The SMILES string of the molecule is Cn1ncc(I)c1C(=O)N1N=C(C(F)F)CC1(O)C(F)F. The normalized spacial score (nSPS) is 22.3. The van der Waals surface area contributed by atoms with Crippen molar-refractivity contribution in [1.29, 1.82) is 0 Å². The Morgan fingerprint density at radius 3 is 2.52 bits per heavy atom. The highest BCUT2D eigenvalue weighted by Crippen LogP contribution is 2.34. The zero-order valence-electron chi connectivity index (χ0n) is 10.5. The third-order valence-corrected chi connectivity index (χ3v) is 3.72. The summed E-state index contributed by atoms with van der Waals surface area (Å²) in [7, 11) is 1.38. The molecule has 0 aliphatic carbocycles. The van der Waals surface area contributed by atoms with Crippen LogP contribution < -0.4 is 0 Å². The minimum Gasteiger partial charge on any atom is -0.364 e. The first-order chi connectivity index (χ1) is 9.68. The fourth-order valence-corrected chi connectivity index (χ4v) is 2.56. The van der Waals surface area contributed by atoms with Gasteiger partial charge in [-0.1, -0.05) is 0 Å². The molecular formula is C10H9F4IN4O2. The van der Waals surface area contributed by atoms with Gasteiger partial charge in [0.1, 0.15) is 11.4 Å². The topological polar surface area (TPSA) is 70.7 Å². The van der Waals surface area contributed by atoms with Gasteiger partial charge in [0.05, 0.1) is 9.77 Å². The second kappa shape index (κ2) is 5.51. The number of aromatic nitrogens is 2. The Kier molecular flexibility index (Phi) is 4.24. The van der Waals surface area contributed by atoms with Crippen LogP contribution in [0.15, 0.2) is 11.3 Å². The molecule has 1 aromatic rings. The maximum Gasteiger partial charge on any atom is 0.296 e. The second-order valence-electron chi connectivity index (χ2n) is 4.33. The average Bonchev–Trinajstić information content (AvgIpc) is 2.91. The van der Waals surface area contributed by atoms with Gasteiger partial charge < -0.3 is 5.11 Å². The van der Waals surface area contributed by atoms with E-state index in [1.165, 1.54) is 13.2 Å². The summed E-state index contributed by atoms with van der Waals surface area (Å²) in [5, 5.41) is 16.8. The summed E-state index contributed by atoms with van der Waals surface area (Å²) < 4.78 is 52.7. The molecule has 116 valence electrons. The first kappa shape index (κ1) is 16.1. The van der Waals surface area contributed by atoms with Crippen LogP contribution in [-0.4, -0.2) is 50.1 Å². The number of amides is 1. The molecule has 11 heteroatoms. The van der Waals surface area contributed by atoms with Gasteiger partial charge in [-0.25, -0.2) is 17.6 Å². The smallest absolute Gasteiger partial charge is 0.296 e. The van der Waals surface area contributed by atoms with Gasteiger partial charge in [-0.2, -0.15) is 15.2 Å². The molecule has 0 bridgehead atoms. The Morgan fingerprint density at radius 1 is 1.48 bits per heavy atom. The van der Waals surface area contributed by atoms with Crippen LogP contribution in [0.4, 0.5) is 17.6 Å². The van der Waals surface area contributed by atoms with Crippen LogP contribution in [0.25, 0.3) is 0 Å². The first-order valence-electron chi connectivity index (χ1n) is 5.56. The number of hydrogen-bond donors (Lipinski definition) is 1. The zero-order valence-corrected chi connectivity index (χ0v) is 12.6. The lowest BCUT2D eigenvalue weighted by molar-refractivity contribution is -0.164. The molecule has 0 saturated heterocycles. The predicted octanol–water partition coefficient (Wildman–Crippen LogP) is 1.45. The lowest BCUT2D eigenvalue weighted by Crippen LogP contribution is -2.52. The molecule has 1 aliphatic heterocycles. The number of rotatable bonds is 3. The van der Waals surface area contributed by atoms with E-state index in [-0.39, 0.29) is 10.7 Å². The first-order valence-corrected chi connectivity index (χ1v) is 6.64. The number of aryl methyl sites for hydroxylation is 1. The molecule has 2 rings (SSSR count). The minimum absolute atomic E-state index is 0.0122. The van der Waals surface area contributed by atoms with Crippen molar-refractivity contribution in [2.75, 3.05) is 0 Å². The van der Waals surface area contributed by atoms with Gasteiger partial charge in [0.15, 0.2) is 0 Å². The average molecular weight is 420 g/mol. The molecule has 1 amide bonds. The monoisotopic (exact) mass is 420 g/mol. The Labute approximate surface area is 129 Å². The Morgan fingerprint density at radius 2 is 2.10 bits per heavy atom. The molecule has 1 aromatic heterocycles. The summed E-state index contributed by atoms with van der Waals surface area (Å²) in [5.41, 5.74) is -4.19. The maximum atomic E-state index is 13.0. The highest BCUT2D eigenvalue weighted by Gasteiger charge is 2.54. The van der Waals surface area contributed by atoms with Crippen molar-refractivity contribution < 1.29 is 27.5 Å². The van der Waals surface area contributed by atoms with Crippen LogP contribution in [0.1, 0.15) is 16.9 Å². The number of hydrazone groups is 1. The number of aliphatic hydroxyl groups is 1. The van der Waals surface area contributed by atoms with Crippen LogP contribution in [0.3, 0.4) is 0 Å². The molecule has 0 radical (unpaired) electrons. The number of hydrogen-bond acceptors (Lipinski definition) is 4. The molecule has 2 heterocycles. The molecule has 1 unspecified atom stereocenters. The molecule has 0 aromatic carbocycles. The number of halogens is 5. The lowest BCUT2D eigenvalue weighted by atomic mass is 10.1. The largest absolute Gasteiger partial charge is 0.364 e. The summed E-state index contributed by atoms with van der Waals surface area (Å²) in [6.07, 6.45) is -6.41. The van der Waals surface area contributed by atoms with Crippen LogP contribution >= 0.6 is 22.6 Å². The van der Waals surface area contributed by atoms with Crippen LogP contribution in [-0.2, 0) is 7.05 Å². The molecule has 1 N–H and O–H groups in total. The zero-order chi connectivity index (χ0) is 15.9. The van der Waals surface area contributed by atoms with E-state index in [2.05, 4.69) is 10.2 Å². The van der Waals surface area contributed by atoms with Crippen molar-refractivity contribution in [2.24, 2.45) is 12.1 Å². The van der Waals surface area contributed by atoms with E-state index < -0.39 is 36.6 Å². The van der Waals surface area contributed by atoms with Crippen molar-refractivity contribution in [1.82, 2.24) is 14.8 Å². The van der Waals surface area contributed by atoms with Gasteiger partial charge in [-0.05, 0) is 22.6 Å². The van der Waals surface area contributed by atoms with E-state index in [0.29, 0.717) is 3.57 Å². The van der Waals surface area contributed by atoms with E-state index in [1.807, 2.05) is 0 Å². The highest BCUT2D eigenvalue weighted by molar-refractivity contribution is 14.1. The van der Waals surface area contributed by atoms with Crippen LogP contribution in [0.5, 0.6) is 0 Å². The van der Waals surface area contributed by atoms with E-state index in [4.69, 9.17) is 0 Å². The summed E-state index contributed by atoms with van der Waals surface area (Å²) >= 11 is 1.73. The number of alkyl halides is 4. The van der Waals surface area contributed by atoms with Gasteiger partial charge >= 0.3 is 0 Å². The van der Waals surface area contributed by atoms with Crippen molar-refractivity contribution >= 4 is 34.2 Å². The Balaban J connectivity index is 2.46. The summed E-state index contributed by atoms with van der Waals surface area (Å²) in [6.45, 7) is 0. The van der Waals surface area contributed by atoms with E-state index in [0.717, 1.165) is 4.68 Å². The van der Waals surface area contributed by atoms with Crippen molar-refractivity contribution in [2.45, 2.75) is 25.0 Å². The van der Waals surface area contributed by atoms with Crippen LogP contribution in [0.2, 0.25) is 0 Å². The third-order valence-electron chi connectivity index (χ3n) is 2.93. The van der Waals surface area contributed by atoms with Gasteiger partial charge in [0, 0.05) is 13.5 Å². The summed E-state index contributed by atoms with van der Waals surface area (Å²) in [5.74, 6) is -1.13. The molecule has 0 fully saturated rings. The quantitative estimate of drug-likeness (QED) is 0.595. The van der Waals surface area contributed by atoms with E-state index in [9.17, 15) is 27.5 Å². The van der Waals surface area contributed by atoms with Gasteiger partial charge in [0.2, 0.25) is 5.72 Å². The molecule has 21 heavy (non-hydrogen) atoms. The summed E-state index contributed by atoms with van der Waals surface area (Å²) in [4.78, 5) is 12.3. The molecule has 1 atom stereocenters. The molecular weight excluding hydrogens is 411 g/mol. The number of carbonyl (C=O) groups excluding carboxylic acids is 1. The fourth-order valence-electron chi connectivity index (χ4n) is 1.86. The second-order valence-corrected chi connectivity index (χ2v) is 5.49. The van der Waals surface area contributed by atoms with Gasteiger partial charge in [-0.15, -0.1) is 0 Å². The Hall–Kier alpha value is -1.24. The van der Waals surface area contributed by atoms with E-state index in [1.54, 1.807) is 22.6 Å². The maximum absolute atomic E-state index is 13.0. The van der Waals surface area contributed by atoms with Crippen molar-refractivity contribution in [3.8, 4) is 0 Å². The van der Waals surface area contributed by atoms with E-state index >= 15 is 0 Å². The molecule has 0 saturated carbocycles. The van der Waals surface area contributed by atoms with Gasteiger partial charge in [0.25, 0.3) is 18.8 Å². The summed E-state index contributed by atoms with van der Waals surface area (Å²) in [6, 6.07) is 0. The molecule has 6 nitrogen and oxygen atoms in total. The number of carbonyl (C=O) groups is 1. The predicted molar refractivity (Wildman–Crippen MR) is 71.1 cm³/mol. The lowest BCUT2D eigenvalue weighted by Gasteiger charge is -2.29. The van der Waals surface area contributed by atoms with Crippen LogP contribution in [0, 0.1) is 3.57 Å². The van der Waals surface area contributed by atoms with Crippen molar-refractivity contribution in [3.63, 3.8) is 0 Å². The molecule has 1 aliphatic rings.